The molecule has 102 valence electrons. The van der Waals surface area contributed by atoms with Crippen LogP contribution in [0.15, 0.2) is 48.5 Å². The van der Waals surface area contributed by atoms with E-state index in [0.717, 1.165) is 17.7 Å². The molecule has 0 aromatic heterocycles. The first-order valence-electron chi connectivity index (χ1n) is 5.93. The highest BCUT2D eigenvalue weighted by Crippen LogP contribution is 2.26. The molecule has 0 radical (unpaired) electrons. The van der Waals surface area contributed by atoms with Crippen LogP contribution in [-0.4, -0.2) is 23.8 Å². The van der Waals surface area contributed by atoms with Crippen LogP contribution in [-0.2, 0) is 0 Å². The molecule has 0 unspecified atom stereocenters. The summed E-state index contributed by atoms with van der Waals surface area (Å²) in [6.07, 6.45) is 0. The highest BCUT2D eigenvalue weighted by molar-refractivity contribution is 5.85. The SMILES string of the molecule is CNCC(c1ccc(O)cc1)c1ccc(O)cc1.Cl. The van der Waals surface area contributed by atoms with Gasteiger partial charge in [0.1, 0.15) is 11.5 Å². The van der Waals surface area contributed by atoms with Crippen LogP contribution >= 0.6 is 12.4 Å². The summed E-state index contributed by atoms with van der Waals surface area (Å²) in [5.41, 5.74) is 2.26. The summed E-state index contributed by atoms with van der Waals surface area (Å²) in [5.74, 6) is 0.747. The highest BCUT2D eigenvalue weighted by Gasteiger charge is 2.13. The molecule has 0 fully saturated rings. The van der Waals surface area contributed by atoms with Gasteiger partial charge < -0.3 is 15.5 Å². The maximum absolute atomic E-state index is 9.33. The van der Waals surface area contributed by atoms with E-state index in [0.29, 0.717) is 0 Å². The number of phenolic OH excluding ortho intramolecular Hbond substituents is 2. The molecule has 4 heteroatoms. The van der Waals surface area contributed by atoms with Crippen LogP contribution in [0.2, 0.25) is 0 Å². The Hall–Kier alpha value is -1.71. The molecule has 19 heavy (non-hydrogen) atoms. The van der Waals surface area contributed by atoms with Gasteiger partial charge in [-0.3, -0.25) is 0 Å². The third-order valence-corrected chi connectivity index (χ3v) is 3.00. The van der Waals surface area contributed by atoms with Gasteiger partial charge in [-0.25, -0.2) is 0 Å². The molecule has 0 aliphatic rings. The Bertz CT molecular complexity index is 451. The summed E-state index contributed by atoms with van der Waals surface area (Å²) in [6, 6.07) is 14.5. The molecule has 0 aliphatic heterocycles. The Balaban J connectivity index is 0.00000180. The number of nitrogens with one attached hydrogen (secondary N) is 1. The molecule has 2 rings (SSSR count). The number of aromatic hydroxyl groups is 2. The smallest absolute Gasteiger partial charge is 0.115 e. The van der Waals surface area contributed by atoms with E-state index in [1.54, 1.807) is 24.3 Å². The first-order chi connectivity index (χ1) is 8.70. The zero-order valence-electron chi connectivity index (χ0n) is 10.7. The van der Waals surface area contributed by atoms with Crippen LogP contribution in [0.3, 0.4) is 0 Å². The Morgan fingerprint density at radius 3 is 1.53 bits per heavy atom. The molecule has 0 aliphatic carbocycles. The largest absolute Gasteiger partial charge is 0.508 e. The van der Waals surface area contributed by atoms with E-state index in [9.17, 15) is 10.2 Å². The highest BCUT2D eigenvalue weighted by atomic mass is 35.5. The quantitative estimate of drug-likeness (QED) is 0.807. The lowest BCUT2D eigenvalue weighted by molar-refractivity contribution is 0.475. The summed E-state index contributed by atoms with van der Waals surface area (Å²) in [7, 11) is 1.91. The van der Waals surface area contributed by atoms with Crippen LogP contribution in [0.5, 0.6) is 11.5 Å². The average Bonchev–Trinajstić information content (AvgIpc) is 2.39. The van der Waals surface area contributed by atoms with E-state index in [1.165, 1.54) is 0 Å². The van der Waals surface area contributed by atoms with Gasteiger partial charge in [0.15, 0.2) is 0 Å². The third kappa shape index (κ3) is 3.88. The summed E-state index contributed by atoms with van der Waals surface area (Å²) >= 11 is 0. The van der Waals surface area contributed by atoms with Crippen LogP contribution in [0, 0.1) is 0 Å². The van der Waals surface area contributed by atoms with E-state index in [2.05, 4.69) is 5.32 Å². The molecular formula is C15H18ClNO2. The lowest BCUT2D eigenvalue weighted by Gasteiger charge is -2.17. The topological polar surface area (TPSA) is 52.5 Å². The second-order valence-corrected chi connectivity index (χ2v) is 4.29. The van der Waals surface area contributed by atoms with Gasteiger partial charge in [-0.05, 0) is 42.4 Å². The first-order valence-corrected chi connectivity index (χ1v) is 5.93. The number of hydrogen-bond acceptors (Lipinski definition) is 3. The lowest BCUT2D eigenvalue weighted by atomic mass is 9.91. The number of hydrogen-bond donors (Lipinski definition) is 3. The summed E-state index contributed by atoms with van der Waals surface area (Å²) in [6.45, 7) is 0.801. The van der Waals surface area contributed by atoms with E-state index in [4.69, 9.17) is 0 Å². The van der Waals surface area contributed by atoms with E-state index < -0.39 is 0 Å². The van der Waals surface area contributed by atoms with Crippen molar-refractivity contribution in [1.29, 1.82) is 0 Å². The van der Waals surface area contributed by atoms with Gasteiger partial charge in [-0.2, -0.15) is 0 Å². The van der Waals surface area contributed by atoms with Gasteiger partial charge in [-0.1, -0.05) is 24.3 Å². The van der Waals surface area contributed by atoms with E-state index >= 15 is 0 Å². The van der Waals surface area contributed by atoms with Gasteiger partial charge in [0.05, 0.1) is 0 Å². The molecule has 0 saturated heterocycles. The molecular weight excluding hydrogens is 262 g/mol. The maximum atomic E-state index is 9.33. The van der Waals surface area contributed by atoms with Crippen molar-refractivity contribution in [2.24, 2.45) is 0 Å². The number of phenols is 2. The number of halogens is 1. The normalized spacial score (nSPS) is 10.2. The third-order valence-electron chi connectivity index (χ3n) is 3.00. The summed E-state index contributed by atoms with van der Waals surface area (Å²) in [5, 5.41) is 21.8. The summed E-state index contributed by atoms with van der Waals surface area (Å²) in [4.78, 5) is 0. The maximum Gasteiger partial charge on any atom is 0.115 e. The number of likely N-dealkylation sites (N-methyl/N-ethyl adjacent to an activating group) is 1. The molecule has 0 heterocycles. The van der Waals surface area contributed by atoms with Gasteiger partial charge in [-0.15, -0.1) is 12.4 Å². The van der Waals surface area contributed by atoms with Gasteiger partial charge >= 0.3 is 0 Å². The molecule has 3 N–H and O–H groups in total. The number of rotatable bonds is 4. The van der Waals surface area contributed by atoms with Crippen molar-refractivity contribution in [1.82, 2.24) is 5.32 Å². The Morgan fingerprint density at radius 1 is 0.842 bits per heavy atom. The lowest BCUT2D eigenvalue weighted by Crippen LogP contribution is -2.18. The van der Waals surface area contributed by atoms with Crippen molar-refractivity contribution in [2.75, 3.05) is 13.6 Å². The van der Waals surface area contributed by atoms with Crippen molar-refractivity contribution in [3.05, 3.63) is 59.7 Å². The first kappa shape index (κ1) is 15.3. The molecule has 3 nitrogen and oxygen atoms in total. The monoisotopic (exact) mass is 279 g/mol. The van der Waals surface area contributed by atoms with Crippen LogP contribution < -0.4 is 5.32 Å². The fourth-order valence-corrected chi connectivity index (χ4v) is 2.05. The molecule has 0 spiro atoms. The Morgan fingerprint density at radius 2 is 1.21 bits per heavy atom. The molecule has 0 bridgehead atoms. The van der Waals surface area contributed by atoms with Crippen molar-refractivity contribution in [2.45, 2.75) is 5.92 Å². The Kier molecular flexibility index (Phi) is 5.67. The minimum absolute atomic E-state index is 0. The van der Waals surface area contributed by atoms with Crippen molar-refractivity contribution in [3.8, 4) is 11.5 Å². The second-order valence-electron chi connectivity index (χ2n) is 4.29. The summed E-state index contributed by atoms with van der Waals surface area (Å²) < 4.78 is 0. The van der Waals surface area contributed by atoms with Gasteiger partial charge in [0, 0.05) is 12.5 Å². The zero-order valence-corrected chi connectivity index (χ0v) is 11.5. The van der Waals surface area contributed by atoms with Gasteiger partial charge in [0.2, 0.25) is 0 Å². The van der Waals surface area contributed by atoms with Crippen LogP contribution in [0.1, 0.15) is 17.0 Å². The van der Waals surface area contributed by atoms with Crippen molar-refractivity contribution >= 4 is 12.4 Å². The standard InChI is InChI=1S/C15H17NO2.ClH/c1-16-10-15(11-2-6-13(17)7-3-11)12-4-8-14(18)9-5-12;/h2-9,15-18H,10H2,1H3;1H. The minimum Gasteiger partial charge on any atom is -0.508 e. The molecule has 0 atom stereocenters. The van der Waals surface area contributed by atoms with Crippen molar-refractivity contribution < 1.29 is 10.2 Å². The molecule has 0 amide bonds. The molecule has 2 aromatic rings. The predicted molar refractivity (Wildman–Crippen MR) is 79.2 cm³/mol. The number of benzene rings is 2. The zero-order chi connectivity index (χ0) is 13.0. The minimum atomic E-state index is 0. The average molecular weight is 280 g/mol. The van der Waals surface area contributed by atoms with Crippen LogP contribution in [0.25, 0.3) is 0 Å². The van der Waals surface area contributed by atoms with Gasteiger partial charge in [0.25, 0.3) is 0 Å². The fourth-order valence-electron chi connectivity index (χ4n) is 2.05. The molecule has 0 saturated carbocycles. The fraction of sp³-hybridized carbons (Fsp3) is 0.200. The van der Waals surface area contributed by atoms with Crippen molar-refractivity contribution in [3.63, 3.8) is 0 Å². The molecule has 2 aromatic carbocycles. The van der Waals surface area contributed by atoms with Crippen LogP contribution in [0.4, 0.5) is 0 Å². The second kappa shape index (κ2) is 7.02. The van der Waals surface area contributed by atoms with E-state index in [-0.39, 0.29) is 29.8 Å². The van der Waals surface area contributed by atoms with E-state index in [1.807, 2.05) is 31.3 Å². The Labute approximate surface area is 119 Å². The predicted octanol–water partition coefficient (Wildman–Crippen LogP) is 2.87.